The quantitative estimate of drug-likeness (QED) is 0.575. The third-order valence-corrected chi connectivity index (χ3v) is 3.44. The number of hydrogen-bond donors (Lipinski definition) is 0. The van der Waals surface area contributed by atoms with E-state index in [9.17, 15) is 0 Å². The number of nitrogens with zero attached hydrogens (tertiary/aromatic N) is 1. The van der Waals surface area contributed by atoms with Crippen LogP contribution in [0.1, 0.15) is 27.2 Å². The van der Waals surface area contributed by atoms with Gasteiger partial charge in [0.05, 0.1) is 26.8 Å². The second-order valence-corrected chi connectivity index (χ2v) is 4.31. The minimum absolute atomic E-state index is 0.661. The molecule has 0 amide bonds. The van der Waals surface area contributed by atoms with Crippen LogP contribution in [0.5, 0.6) is 0 Å². The average molecular weight is 172 g/mol. The average Bonchev–Trinajstić information content (AvgIpc) is 2.02. The van der Waals surface area contributed by atoms with Crippen LogP contribution in [-0.4, -0.2) is 43.4 Å². The Balaban J connectivity index is 2.66. The van der Waals surface area contributed by atoms with Gasteiger partial charge in [0.1, 0.15) is 12.1 Å². The molecule has 1 aliphatic rings. The van der Waals surface area contributed by atoms with Gasteiger partial charge in [0.25, 0.3) is 0 Å². The zero-order valence-electron chi connectivity index (χ0n) is 8.84. The minimum atomic E-state index is 0.661. The smallest absolute Gasteiger partial charge is 0.110 e. The molecule has 12 heavy (non-hydrogen) atoms. The Morgan fingerprint density at radius 2 is 1.75 bits per heavy atom. The van der Waals surface area contributed by atoms with Crippen LogP contribution in [0.25, 0.3) is 0 Å². The van der Waals surface area contributed by atoms with Crippen LogP contribution in [0.3, 0.4) is 0 Å². The first kappa shape index (κ1) is 10.0. The number of rotatable bonds is 2. The molecule has 0 N–H and O–H groups in total. The van der Waals surface area contributed by atoms with Crippen molar-refractivity contribution in [2.75, 3.05) is 26.8 Å². The topological polar surface area (TPSA) is 9.23 Å². The van der Waals surface area contributed by atoms with E-state index in [1.807, 2.05) is 0 Å². The Morgan fingerprint density at radius 1 is 1.25 bits per heavy atom. The van der Waals surface area contributed by atoms with Crippen LogP contribution in [0.2, 0.25) is 0 Å². The predicted octanol–water partition coefficient (Wildman–Crippen LogP) is 1.65. The van der Waals surface area contributed by atoms with Gasteiger partial charge in [-0.3, -0.25) is 0 Å². The normalized spacial score (nSPS) is 43.0. The van der Waals surface area contributed by atoms with Gasteiger partial charge in [0.2, 0.25) is 0 Å². The van der Waals surface area contributed by atoms with E-state index in [2.05, 4.69) is 27.8 Å². The van der Waals surface area contributed by atoms with Crippen LogP contribution in [0.15, 0.2) is 0 Å². The monoisotopic (exact) mass is 172 g/mol. The molecule has 0 radical (unpaired) electrons. The van der Waals surface area contributed by atoms with Crippen molar-refractivity contribution in [2.45, 2.75) is 39.3 Å². The van der Waals surface area contributed by atoms with E-state index in [0.29, 0.717) is 12.1 Å². The van der Waals surface area contributed by atoms with Crippen LogP contribution in [-0.2, 0) is 4.74 Å². The first-order valence-electron chi connectivity index (χ1n) is 5.04. The summed E-state index contributed by atoms with van der Waals surface area (Å²) in [5.74, 6) is 0. The molecule has 1 heterocycles. The van der Waals surface area contributed by atoms with Gasteiger partial charge in [0.15, 0.2) is 0 Å². The van der Waals surface area contributed by atoms with Gasteiger partial charge in [-0.2, -0.15) is 0 Å². The van der Waals surface area contributed by atoms with Crippen molar-refractivity contribution in [1.82, 2.24) is 0 Å². The van der Waals surface area contributed by atoms with E-state index in [0.717, 1.165) is 13.2 Å². The fourth-order valence-electron chi connectivity index (χ4n) is 2.11. The third-order valence-electron chi connectivity index (χ3n) is 3.44. The highest BCUT2D eigenvalue weighted by Gasteiger charge is 2.37. The second-order valence-electron chi connectivity index (χ2n) is 4.31. The van der Waals surface area contributed by atoms with E-state index >= 15 is 0 Å². The van der Waals surface area contributed by atoms with Gasteiger partial charge in [-0.05, 0) is 20.3 Å². The molecular weight excluding hydrogens is 150 g/mol. The lowest BCUT2D eigenvalue weighted by molar-refractivity contribution is -0.960. The number of morpholine rings is 1. The molecule has 0 saturated carbocycles. The van der Waals surface area contributed by atoms with Gasteiger partial charge < -0.3 is 9.22 Å². The lowest BCUT2D eigenvalue weighted by Gasteiger charge is -2.47. The van der Waals surface area contributed by atoms with Gasteiger partial charge in [0, 0.05) is 0 Å². The number of likely N-dealkylation sites (N-methyl/N-ethyl adjacent to an activating group) is 1. The van der Waals surface area contributed by atoms with E-state index < -0.39 is 0 Å². The maximum absolute atomic E-state index is 5.52. The maximum atomic E-state index is 5.52. The van der Waals surface area contributed by atoms with Crippen LogP contribution in [0.4, 0.5) is 0 Å². The van der Waals surface area contributed by atoms with E-state index in [1.165, 1.54) is 17.4 Å². The number of quaternary nitrogens is 1. The highest BCUT2D eigenvalue weighted by molar-refractivity contribution is 4.63. The SMILES string of the molecule is CCC[N+]1(C)[C@H](C)COC[C@@H]1C. The van der Waals surface area contributed by atoms with Crippen molar-refractivity contribution in [3.63, 3.8) is 0 Å². The molecule has 2 nitrogen and oxygen atoms in total. The van der Waals surface area contributed by atoms with Gasteiger partial charge in [-0.1, -0.05) is 6.92 Å². The Morgan fingerprint density at radius 3 is 2.17 bits per heavy atom. The largest absolute Gasteiger partial charge is 0.369 e. The molecule has 1 unspecified atom stereocenters. The van der Waals surface area contributed by atoms with Crippen molar-refractivity contribution in [2.24, 2.45) is 0 Å². The molecule has 72 valence electrons. The fourth-order valence-corrected chi connectivity index (χ4v) is 2.11. The van der Waals surface area contributed by atoms with Crippen LogP contribution in [0, 0.1) is 0 Å². The van der Waals surface area contributed by atoms with Crippen LogP contribution >= 0.6 is 0 Å². The first-order valence-corrected chi connectivity index (χ1v) is 5.04. The molecule has 3 atom stereocenters. The van der Waals surface area contributed by atoms with E-state index in [1.54, 1.807) is 0 Å². The molecule has 0 aromatic rings. The zero-order chi connectivity index (χ0) is 9.19. The standard InChI is InChI=1S/C10H22NO/c1-5-6-11(4)9(2)7-12-8-10(11)3/h9-10H,5-8H2,1-4H3/q+1/t9-,10+,11?. The molecule has 0 aromatic heterocycles. The molecule has 0 aromatic carbocycles. The summed E-state index contributed by atoms with van der Waals surface area (Å²) < 4.78 is 6.71. The molecular formula is C10H22NO+. The molecule has 2 heteroatoms. The lowest BCUT2D eigenvalue weighted by Crippen LogP contribution is -2.63. The highest BCUT2D eigenvalue weighted by atomic mass is 16.5. The van der Waals surface area contributed by atoms with Crippen molar-refractivity contribution in [3.05, 3.63) is 0 Å². The zero-order valence-corrected chi connectivity index (χ0v) is 8.84. The van der Waals surface area contributed by atoms with Crippen molar-refractivity contribution < 1.29 is 9.22 Å². The Labute approximate surface area is 76.1 Å². The third kappa shape index (κ3) is 1.64. The molecule has 1 rings (SSSR count). The summed E-state index contributed by atoms with van der Waals surface area (Å²) in [5.41, 5.74) is 0. The first-order chi connectivity index (χ1) is 5.61. The summed E-state index contributed by atoms with van der Waals surface area (Å²) in [6, 6.07) is 1.32. The predicted molar refractivity (Wildman–Crippen MR) is 51.1 cm³/mol. The summed E-state index contributed by atoms with van der Waals surface area (Å²) in [5, 5.41) is 0. The number of ether oxygens (including phenoxy) is 1. The van der Waals surface area contributed by atoms with Crippen molar-refractivity contribution in [1.29, 1.82) is 0 Å². The lowest BCUT2D eigenvalue weighted by atomic mass is 10.1. The molecule has 0 spiro atoms. The van der Waals surface area contributed by atoms with Gasteiger partial charge >= 0.3 is 0 Å². The van der Waals surface area contributed by atoms with Gasteiger partial charge in [-0.15, -0.1) is 0 Å². The summed E-state index contributed by atoms with van der Waals surface area (Å²) in [7, 11) is 2.36. The summed E-state index contributed by atoms with van der Waals surface area (Å²) in [4.78, 5) is 0. The summed E-state index contributed by atoms with van der Waals surface area (Å²) in [6.07, 6.45) is 1.27. The van der Waals surface area contributed by atoms with Crippen molar-refractivity contribution in [3.8, 4) is 0 Å². The molecule has 0 aliphatic carbocycles. The van der Waals surface area contributed by atoms with E-state index in [-0.39, 0.29) is 0 Å². The molecule has 1 fully saturated rings. The molecule has 1 aliphatic heterocycles. The second kappa shape index (κ2) is 3.75. The summed E-state index contributed by atoms with van der Waals surface area (Å²) >= 11 is 0. The van der Waals surface area contributed by atoms with Crippen molar-refractivity contribution >= 4 is 0 Å². The molecule has 1 saturated heterocycles. The van der Waals surface area contributed by atoms with Gasteiger partial charge in [-0.25, -0.2) is 0 Å². The number of hydrogen-bond acceptors (Lipinski definition) is 1. The minimum Gasteiger partial charge on any atom is -0.369 e. The van der Waals surface area contributed by atoms with Crippen LogP contribution < -0.4 is 0 Å². The van der Waals surface area contributed by atoms with E-state index in [4.69, 9.17) is 4.74 Å². The maximum Gasteiger partial charge on any atom is 0.110 e. The fraction of sp³-hybridized carbons (Fsp3) is 1.00. The molecule has 0 bridgehead atoms. The highest BCUT2D eigenvalue weighted by Crippen LogP contribution is 2.21. The summed E-state index contributed by atoms with van der Waals surface area (Å²) in [6.45, 7) is 10.0. The Bertz CT molecular complexity index is 137. The Kier molecular flexibility index (Phi) is 3.13. The Hall–Kier alpha value is -0.0800.